The molecule has 2 heterocycles. The SMILES string of the molecule is c1cc(CCOC2CCC3(CC2)OCCO3)ccn1. The van der Waals surface area contributed by atoms with Crippen LogP contribution in [0.4, 0.5) is 0 Å². The van der Waals surface area contributed by atoms with Gasteiger partial charge < -0.3 is 14.2 Å². The Morgan fingerprint density at radius 2 is 1.84 bits per heavy atom. The van der Waals surface area contributed by atoms with Crippen molar-refractivity contribution >= 4 is 0 Å². The summed E-state index contributed by atoms with van der Waals surface area (Å²) in [5.41, 5.74) is 1.28. The molecule has 1 saturated heterocycles. The van der Waals surface area contributed by atoms with Crippen LogP contribution in [0.1, 0.15) is 31.2 Å². The Kier molecular flexibility index (Phi) is 4.11. The summed E-state index contributed by atoms with van der Waals surface area (Å²) in [5, 5.41) is 0. The molecule has 4 heteroatoms. The number of hydrogen-bond acceptors (Lipinski definition) is 4. The minimum absolute atomic E-state index is 0.273. The molecular formula is C15H21NO3. The van der Waals surface area contributed by atoms with E-state index in [-0.39, 0.29) is 5.79 Å². The topological polar surface area (TPSA) is 40.6 Å². The van der Waals surface area contributed by atoms with E-state index in [2.05, 4.69) is 4.98 Å². The first-order valence-electron chi connectivity index (χ1n) is 7.15. The molecule has 1 saturated carbocycles. The van der Waals surface area contributed by atoms with Gasteiger partial charge in [0.2, 0.25) is 0 Å². The van der Waals surface area contributed by atoms with Gasteiger partial charge in [0.25, 0.3) is 0 Å². The largest absolute Gasteiger partial charge is 0.378 e. The van der Waals surface area contributed by atoms with Gasteiger partial charge in [0.1, 0.15) is 0 Å². The van der Waals surface area contributed by atoms with E-state index < -0.39 is 0 Å². The summed E-state index contributed by atoms with van der Waals surface area (Å²) < 4.78 is 17.4. The van der Waals surface area contributed by atoms with Crippen LogP contribution in [0.25, 0.3) is 0 Å². The van der Waals surface area contributed by atoms with Crippen LogP contribution in [0.15, 0.2) is 24.5 Å². The minimum atomic E-state index is -0.273. The molecule has 0 bridgehead atoms. The molecule has 104 valence electrons. The van der Waals surface area contributed by atoms with Crippen LogP contribution in [0.3, 0.4) is 0 Å². The van der Waals surface area contributed by atoms with Crippen LogP contribution >= 0.6 is 0 Å². The van der Waals surface area contributed by atoms with Crippen LogP contribution in [0.2, 0.25) is 0 Å². The minimum Gasteiger partial charge on any atom is -0.378 e. The maximum Gasteiger partial charge on any atom is 0.168 e. The van der Waals surface area contributed by atoms with Crippen molar-refractivity contribution in [2.75, 3.05) is 19.8 Å². The van der Waals surface area contributed by atoms with E-state index in [1.807, 2.05) is 24.5 Å². The average Bonchev–Trinajstić information content (AvgIpc) is 2.91. The summed E-state index contributed by atoms with van der Waals surface area (Å²) >= 11 is 0. The second-order valence-corrected chi connectivity index (χ2v) is 5.28. The smallest absolute Gasteiger partial charge is 0.168 e. The molecule has 3 rings (SSSR count). The summed E-state index contributed by atoms with van der Waals surface area (Å²) in [6, 6.07) is 4.08. The molecule has 0 N–H and O–H groups in total. The average molecular weight is 263 g/mol. The Morgan fingerprint density at radius 1 is 1.16 bits per heavy atom. The normalized spacial score (nSPS) is 22.9. The van der Waals surface area contributed by atoms with Gasteiger partial charge in [0.05, 0.1) is 25.9 Å². The van der Waals surface area contributed by atoms with Crippen molar-refractivity contribution in [3.8, 4) is 0 Å². The molecule has 0 atom stereocenters. The first-order valence-corrected chi connectivity index (χ1v) is 7.15. The molecule has 2 aliphatic rings. The monoisotopic (exact) mass is 263 g/mol. The van der Waals surface area contributed by atoms with Crippen molar-refractivity contribution in [3.05, 3.63) is 30.1 Å². The summed E-state index contributed by atoms with van der Waals surface area (Å²) in [6.45, 7) is 2.27. The van der Waals surface area contributed by atoms with Crippen LogP contribution in [-0.2, 0) is 20.6 Å². The number of rotatable bonds is 4. The number of aromatic nitrogens is 1. The van der Waals surface area contributed by atoms with E-state index in [1.54, 1.807) is 0 Å². The molecule has 1 aliphatic carbocycles. The molecular weight excluding hydrogens is 242 g/mol. The lowest BCUT2D eigenvalue weighted by molar-refractivity contribution is -0.191. The predicted molar refractivity (Wildman–Crippen MR) is 70.8 cm³/mol. The third-order valence-corrected chi connectivity index (χ3v) is 4.00. The predicted octanol–water partition coefficient (Wildman–Crippen LogP) is 2.33. The molecule has 0 radical (unpaired) electrons. The summed E-state index contributed by atoms with van der Waals surface area (Å²) in [6.07, 6.45) is 8.98. The van der Waals surface area contributed by atoms with E-state index in [1.165, 1.54) is 5.56 Å². The van der Waals surface area contributed by atoms with Gasteiger partial charge >= 0.3 is 0 Å². The van der Waals surface area contributed by atoms with Gasteiger partial charge in [-0.15, -0.1) is 0 Å². The molecule has 1 aliphatic heterocycles. The molecule has 0 amide bonds. The van der Waals surface area contributed by atoms with Crippen molar-refractivity contribution in [2.24, 2.45) is 0 Å². The molecule has 4 nitrogen and oxygen atoms in total. The number of hydrogen-bond donors (Lipinski definition) is 0. The van der Waals surface area contributed by atoms with Gasteiger partial charge in [-0.1, -0.05) is 0 Å². The highest BCUT2D eigenvalue weighted by Crippen LogP contribution is 2.36. The lowest BCUT2D eigenvalue weighted by Gasteiger charge is -2.35. The van der Waals surface area contributed by atoms with Crippen LogP contribution < -0.4 is 0 Å². The summed E-state index contributed by atoms with van der Waals surface area (Å²) in [5.74, 6) is -0.273. The van der Waals surface area contributed by atoms with Crippen LogP contribution in [0.5, 0.6) is 0 Å². The van der Waals surface area contributed by atoms with Gasteiger partial charge in [-0.2, -0.15) is 0 Å². The van der Waals surface area contributed by atoms with Crippen molar-refractivity contribution in [1.29, 1.82) is 0 Å². The van der Waals surface area contributed by atoms with E-state index in [0.717, 1.165) is 51.9 Å². The fraction of sp³-hybridized carbons (Fsp3) is 0.667. The summed E-state index contributed by atoms with van der Waals surface area (Å²) in [7, 11) is 0. The fourth-order valence-corrected chi connectivity index (χ4v) is 2.88. The highest BCUT2D eigenvalue weighted by atomic mass is 16.7. The highest BCUT2D eigenvalue weighted by Gasteiger charge is 2.40. The van der Waals surface area contributed by atoms with Gasteiger partial charge in [0, 0.05) is 25.2 Å². The van der Waals surface area contributed by atoms with E-state index >= 15 is 0 Å². The Bertz CT molecular complexity index is 380. The van der Waals surface area contributed by atoms with Gasteiger partial charge in [-0.05, 0) is 37.0 Å². The molecule has 1 spiro atoms. The van der Waals surface area contributed by atoms with Crippen molar-refractivity contribution in [2.45, 2.75) is 44.0 Å². The molecule has 0 aromatic carbocycles. The molecule has 0 unspecified atom stereocenters. The zero-order chi connectivity index (χ0) is 13.0. The molecule has 2 fully saturated rings. The lowest BCUT2D eigenvalue weighted by atomic mass is 9.92. The van der Waals surface area contributed by atoms with Crippen LogP contribution in [0, 0.1) is 0 Å². The van der Waals surface area contributed by atoms with Gasteiger partial charge in [-0.3, -0.25) is 4.98 Å². The first-order chi connectivity index (χ1) is 9.36. The number of nitrogens with zero attached hydrogens (tertiary/aromatic N) is 1. The third-order valence-electron chi connectivity index (χ3n) is 4.00. The lowest BCUT2D eigenvalue weighted by Crippen LogP contribution is -2.37. The Hall–Kier alpha value is -0.970. The van der Waals surface area contributed by atoms with E-state index in [4.69, 9.17) is 14.2 Å². The molecule has 1 aromatic rings. The maximum atomic E-state index is 5.96. The molecule has 19 heavy (non-hydrogen) atoms. The van der Waals surface area contributed by atoms with Gasteiger partial charge in [-0.25, -0.2) is 0 Å². The molecule has 1 aromatic heterocycles. The van der Waals surface area contributed by atoms with Crippen LogP contribution in [-0.4, -0.2) is 36.7 Å². The fourth-order valence-electron chi connectivity index (χ4n) is 2.88. The standard InChI is InChI=1S/C15H21NO3/c1-6-15(18-11-12-19-15)7-2-14(1)17-10-5-13-3-8-16-9-4-13/h3-4,8-9,14H,1-2,5-7,10-12H2. The number of ether oxygens (including phenoxy) is 3. The summed E-state index contributed by atoms with van der Waals surface area (Å²) in [4.78, 5) is 4.02. The Balaban J connectivity index is 1.38. The zero-order valence-corrected chi connectivity index (χ0v) is 11.2. The van der Waals surface area contributed by atoms with Crippen molar-refractivity contribution < 1.29 is 14.2 Å². The Morgan fingerprint density at radius 3 is 2.53 bits per heavy atom. The Labute approximate surface area is 114 Å². The second-order valence-electron chi connectivity index (χ2n) is 5.28. The first kappa shape index (κ1) is 13.0. The third kappa shape index (κ3) is 3.32. The maximum absolute atomic E-state index is 5.96. The number of pyridine rings is 1. The highest BCUT2D eigenvalue weighted by molar-refractivity contribution is 5.09. The quantitative estimate of drug-likeness (QED) is 0.836. The second kappa shape index (κ2) is 5.99. The van der Waals surface area contributed by atoms with Crippen molar-refractivity contribution in [1.82, 2.24) is 4.98 Å². The van der Waals surface area contributed by atoms with E-state index in [0.29, 0.717) is 6.10 Å². The van der Waals surface area contributed by atoms with Crippen molar-refractivity contribution in [3.63, 3.8) is 0 Å². The van der Waals surface area contributed by atoms with E-state index in [9.17, 15) is 0 Å². The zero-order valence-electron chi connectivity index (χ0n) is 11.2. The van der Waals surface area contributed by atoms with Gasteiger partial charge in [0.15, 0.2) is 5.79 Å².